The van der Waals surface area contributed by atoms with Gasteiger partial charge in [-0.15, -0.1) is 0 Å². The molecule has 146 valence electrons. The Hall–Kier alpha value is -3.48. The maximum atomic E-state index is 13.8. The zero-order chi connectivity index (χ0) is 29.3. The van der Waals surface area contributed by atoms with Crippen LogP contribution >= 0.6 is 0 Å². The van der Waals surface area contributed by atoms with Crippen molar-refractivity contribution in [2.45, 2.75) is 18.5 Å². The highest BCUT2D eigenvalue weighted by Gasteiger charge is 2.47. The maximum Gasteiger partial charge on any atom is 0.245 e. The lowest BCUT2D eigenvalue weighted by atomic mass is 9.86. The number of H-pyrrole nitrogens is 1. The van der Waals surface area contributed by atoms with E-state index in [2.05, 4.69) is 4.98 Å². The minimum atomic E-state index is -3.48. The third-order valence-corrected chi connectivity index (χ3v) is 5.12. The van der Waals surface area contributed by atoms with Gasteiger partial charge in [-0.25, -0.2) is 0 Å². The molecule has 3 aliphatic rings. The van der Waals surface area contributed by atoms with Gasteiger partial charge in [0.2, 0.25) is 18.6 Å². The Labute approximate surface area is 182 Å². The number of carbonyl (C=O) groups is 2. The van der Waals surface area contributed by atoms with E-state index in [4.69, 9.17) is 21.8 Å². The summed E-state index contributed by atoms with van der Waals surface area (Å²) in [6.45, 7) is -7.10. The Morgan fingerprint density at radius 2 is 2.14 bits per heavy atom. The first-order valence-corrected chi connectivity index (χ1v) is 8.68. The first-order valence-electron chi connectivity index (χ1n) is 14.2. The number of aromatic amines is 1. The molecule has 7 nitrogen and oxygen atoms in total. The predicted octanol–water partition coefficient (Wildman–Crippen LogP) is 2.21. The number of hydrogen-bond donors (Lipinski definition) is 1. The Kier molecular flexibility index (Phi) is 1.77. The molecule has 0 unspecified atom stereocenters. The van der Waals surface area contributed by atoms with Gasteiger partial charge in [0.25, 0.3) is 0 Å². The molecule has 0 radical (unpaired) electrons. The molecule has 3 aromatic rings. The van der Waals surface area contributed by atoms with E-state index in [-0.39, 0.29) is 45.2 Å². The minimum Gasteiger partial charge on any atom is -0.454 e. The highest BCUT2D eigenvalue weighted by Crippen LogP contribution is 2.44. The van der Waals surface area contributed by atoms with Crippen LogP contribution in [0.5, 0.6) is 11.5 Å². The van der Waals surface area contributed by atoms with Crippen molar-refractivity contribution in [1.82, 2.24) is 14.8 Å². The highest BCUT2D eigenvalue weighted by molar-refractivity contribution is 5.97. The van der Waals surface area contributed by atoms with Crippen LogP contribution in [0.3, 0.4) is 0 Å². The van der Waals surface area contributed by atoms with Gasteiger partial charge in [0.15, 0.2) is 11.5 Å². The largest absolute Gasteiger partial charge is 0.454 e. The van der Waals surface area contributed by atoms with Crippen molar-refractivity contribution < 1.29 is 34.1 Å². The lowest BCUT2D eigenvalue weighted by Crippen LogP contribution is -2.62. The molecule has 0 spiro atoms. The van der Waals surface area contributed by atoms with E-state index in [1.807, 2.05) is 0 Å². The van der Waals surface area contributed by atoms with E-state index in [9.17, 15) is 12.3 Å². The standard InChI is InChI=1S/C22H19N3O4/c1-24-10-19(26)25-16(22(24)27)9-14-13-4-2-3-5-15(13)23-20(14)21(25)12-6-7-17-18(8-12)29-11-28-17/h2-8,16,21,23H,9-11H2,1H3/t16-,21-/m1/s1/i1D3,2D,3D,4D,5D,10D2,16D,21D. The van der Waals surface area contributed by atoms with Crippen molar-refractivity contribution in [3.8, 4) is 11.5 Å². The van der Waals surface area contributed by atoms with Gasteiger partial charge in [-0.2, -0.15) is 0 Å². The number of nitrogens with one attached hydrogen (secondary N) is 1. The Bertz CT molecular complexity index is 1670. The van der Waals surface area contributed by atoms with Crippen molar-refractivity contribution in [2.24, 2.45) is 0 Å². The molecule has 1 saturated heterocycles. The number of likely N-dealkylation sites (N-methyl/N-ethyl adjacent to an activating group) is 1. The number of hydrogen-bond acceptors (Lipinski definition) is 4. The number of carbonyl (C=O) groups excluding carboxylic acids is 2. The van der Waals surface area contributed by atoms with Gasteiger partial charge in [0.05, 0.1) is 23.5 Å². The molecule has 2 atom stereocenters. The SMILES string of the molecule is [2H]c1c([2H])c([2H])c2c3c([nH]c2c1[2H])[C@@]([2H])(c1ccc2c(c1)OCO2)N1C(=O)C([2H])([2H])N(C([2H])([2H])[2H])C(=O)[C@@]1([2H])C3. The quantitative estimate of drug-likeness (QED) is 0.680. The summed E-state index contributed by atoms with van der Waals surface area (Å²) < 4.78 is 103. The molecule has 1 aromatic heterocycles. The average Bonchev–Trinajstić information content (AvgIpc) is 3.49. The van der Waals surface area contributed by atoms with E-state index in [1.165, 1.54) is 18.2 Å². The van der Waals surface area contributed by atoms with E-state index in [0.29, 0.717) is 10.6 Å². The van der Waals surface area contributed by atoms with Gasteiger partial charge in [-0.1, -0.05) is 24.2 Å². The van der Waals surface area contributed by atoms with Crippen molar-refractivity contribution in [3.05, 3.63) is 59.2 Å². The maximum absolute atomic E-state index is 13.8. The minimum absolute atomic E-state index is 0.0879. The first-order chi connectivity index (χ1) is 18.5. The summed E-state index contributed by atoms with van der Waals surface area (Å²) in [7, 11) is 0. The third-order valence-electron chi connectivity index (χ3n) is 5.12. The monoisotopic (exact) mass is 400 g/mol. The number of rotatable bonds is 1. The van der Waals surface area contributed by atoms with Crippen molar-refractivity contribution in [1.29, 1.82) is 0 Å². The molecule has 0 saturated carbocycles. The molecular formula is C22H19N3O4. The van der Waals surface area contributed by atoms with Crippen LogP contribution in [0, 0.1) is 0 Å². The summed E-state index contributed by atoms with van der Waals surface area (Å²) in [4.78, 5) is 30.5. The summed E-state index contributed by atoms with van der Waals surface area (Å²) in [5.41, 5.74) is -0.562. The normalized spacial score (nSPS) is 35.5. The molecule has 3 aliphatic heterocycles. The molecule has 0 aliphatic carbocycles. The van der Waals surface area contributed by atoms with Crippen LogP contribution in [0.4, 0.5) is 0 Å². The Morgan fingerprint density at radius 3 is 3.03 bits per heavy atom. The van der Waals surface area contributed by atoms with Crippen LogP contribution in [-0.2, 0) is 16.0 Å². The van der Waals surface area contributed by atoms with Gasteiger partial charge >= 0.3 is 0 Å². The summed E-state index contributed by atoms with van der Waals surface area (Å²) in [5, 5.41) is -0.140. The zero-order valence-electron chi connectivity index (χ0n) is 25.7. The Balaban J connectivity index is 1.74. The third kappa shape index (κ3) is 2.24. The van der Waals surface area contributed by atoms with Gasteiger partial charge in [0.1, 0.15) is 6.02 Å². The van der Waals surface area contributed by atoms with Crippen molar-refractivity contribution in [2.75, 3.05) is 20.3 Å². The fourth-order valence-electron chi connectivity index (χ4n) is 3.87. The van der Waals surface area contributed by atoms with Gasteiger partial charge < -0.3 is 24.3 Å². The van der Waals surface area contributed by atoms with E-state index in [0.717, 1.165) is 0 Å². The molecule has 1 fully saturated rings. The Morgan fingerprint density at radius 1 is 1.28 bits per heavy atom. The van der Waals surface area contributed by atoms with E-state index >= 15 is 0 Å². The average molecular weight is 400 g/mol. The van der Waals surface area contributed by atoms with Crippen LogP contribution in [0.1, 0.15) is 37.9 Å². The number of para-hydroxylation sites is 1. The second-order valence-electron chi connectivity index (χ2n) is 6.66. The molecular weight excluding hydrogens is 370 g/mol. The smallest absolute Gasteiger partial charge is 0.245 e. The molecule has 7 heteroatoms. The topological polar surface area (TPSA) is 74.9 Å². The number of benzene rings is 2. The number of ether oxygens (including phenoxy) is 2. The van der Waals surface area contributed by atoms with Gasteiger partial charge in [-0.05, 0) is 29.3 Å². The molecule has 1 N–H and O–H groups in total. The highest BCUT2D eigenvalue weighted by atomic mass is 16.7. The van der Waals surface area contributed by atoms with Crippen molar-refractivity contribution in [3.63, 3.8) is 0 Å². The van der Waals surface area contributed by atoms with Crippen LogP contribution in [0.15, 0.2) is 42.4 Å². The second-order valence-corrected chi connectivity index (χ2v) is 6.66. The van der Waals surface area contributed by atoms with Crippen molar-refractivity contribution >= 4 is 22.7 Å². The van der Waals surface area contributed by atoms with Crippen LogP contribution in [-0.4, -0.2) is 52.9 Å². The predicted molar refractivity (Wildman–Crippen MR) is 105 cm³/mol. The lowest BCUT2D eigenvalue weighted by molar-refractivity contribution is -0.157. The fraction of sp³-hybridized carbons (Fsp3) is 0.273. The van der Waals surface area contributed by atoms with Gasteiger partial charge in [0, 0.05) is 34.1 Å². The lowest BCUT2D eigenvalue weighted by Gasteiger charge is -2.46. The number of amides is 2. The molecule has 2 amide bonds. The van der Waals surface area contributed by atoms with Crippen LogP contribution in [0.25, 0.3) is 10.9 Å². The van der Waals surface area contributed by atoms with Gasteiger partial charge in [-0.3, -0.25) is 9.59 Å². The summed E-state index contributed by atoms with van der Waals surface area (Å²) in [6, 6.07) is -3.73. The zero-order valence-corrected chi connectivity index (χ0v) is 14.7. The number of nitrogens with zero attached hydrogens (tertiary/aromatic N) is 2. The first kappa shape index (κ1) is 8.90. The number of aromatic nitrogens is 1. The summed E-state index contributed by atoms with van der Waals surface area (Å²) in [5.74, 6) is -2.82. The molecule has 4 heterocycles. The number of piperazine rings is 1. The number of fused-ring (bicyclic) bond motifs is 5. The summed E-state index contributed by atoms with van der Waals surface area (Å²) >= 11 is 0. The second kappa shape index (κ2) is 5.76. The fourth-order valence-corrected chi connectivity index (χ4v) is 3.87. The summed E-state index contributed by atoms with van der Waals surface area (Å²) in [6.07, 6.45) is -0.789. The molecule has 0 bridgehead atoms. The molecule has 29 heavy (non-hydrogen) atoms. The van der Waals surface area contributed by atoms with Crippen LogP contribution < -0.4 is 9.47 Å². The van der Waals surface area contributed by atoms with E-state index < -0.39 is 67.9 Å². The molecule has 2 aromatic carbocycles. The molecule has 6 rings (SSSR count). The van der Waals surface area contributed by atoms with Crippen LogP contribution in [0.2, 0.25) is 0 Å². The van der Waals surface area contributed by atoms with E-state index in [1.54, 1.807) is 0 Å².